The molecular formula is C20H28N2O6. The van der Waals surface area contributed by atoms with Gasteiger partial charge in [0.05, 0.1) is 12.6 Å². The second-order valence-corrected chi connectivity index (χ2v) is 7.86. The van der Waals surface area contributed by atoms with Gasteiger partial charge in [-0.25, -0.2) is 9.59 Å². The van der Waals surface area contributed by atoms with Crippen molar-refractivity contribution in [2.45, 2.75) is 64.5 Å². The number of rotatable bonds is 5. The third-order valence-corrected chi connectivity index (χ3v) is 4.15. The van der Waals surface area contributed by atoms with Gasteiger partial charge in [0.1, 0.15) is 24.3 Å². The van der Waals surface area contributed by atoms with E-state index in [1.807, 2.05) is 30.3 Å². The zero-order valence-electron chi connectivity index (χ0n) is 16.7. The molecule has 0 radical (unpaired) electrons. The van der Waals surface area contributed by atoms with Crippen molar-refractivity contribution in [2.75, 3.05) is 6.54 Å². The highest BCUT2D eigenvalue weighted by molar-refractivity contribution is 5.90. The maximum atomic E-state index is 12.6. The molecule has 1 fully saturated rings. The minimum absolute atomic E-state index is 0.000164. The Labute approximate surface area is 164 Å². The lowest BCUT2D eigenvalue weighted by Gasteiger charge is -2.28. The van der Waals surface area contributed by atoms with Gasteiger partial charge in [0.25, 0.3) is 0 Å². The lowest BCUT2D eigenvalue weighted by atomic mass is 10.1. The quantitative estimate of drug-likeness (QED) is 0.738. The Morgan fingerprint density at radius 3 is 2.50 bits per heavy atom. The molecule has 1 heterocycles. The summed E-state index contributed by atoms with van der Waals surface area (Å²) >= 11 is 0. The van der Waals surface area contributed by atoms with Crippen LogP contribution in [-0.4, -0.2) is 58.3 Å². The summed E-state index contributed by atoms with van der Waals surface area (Å²) in [5.41, 5.74) is 0.115. The van der Waals surface area contributed by atoms with E-state index in [0.29, 0.717) is 0 Å². The smallest absolute Gasteiger partial charge is 0.411 e. The van der Waals surface area contributed by atoms with Crippen molar-refractivity contribution in [2.24, 2.45) is 0 Å². The van der Waals surface area contributed by atoms with Crippen molar-refractivity contribution >= 4 is 18.0 Å². The van der Waals surface area contributed by atoms with Crippen LogP contribution in [-0.2, 0) is 25.7 Å². The lowest BCUT2D eigenvalue weighted by molar-refractivity contribution is -0.149. The van der Waals surface area contributed by atoms with Crippen molar-refractivity contribution in [3.8, 4) is 0 Å². The second-order valence-electron chi connectivity index (χ2n) is 7.86. The van der Waals surface area contributed by atoms with Gasteiger partial charge in [0.15, 0.2) is 0 Å². The topological polar surface area (TPSA) is 105 Å². The van der Waals surface area contributed by atoms with Gasteiger partial charge >= 0.3 is 12.1 Å². The fourth-order valence-electron chi connectivity index (χ4n) is 2.81. The van der Waals surface area contributed by atoms with Crippen LogP contribution in [0.15, 0.2) is 30.3 Å². The van der Waals surface area contributed by atoms with Crippen LogP contribution in [0.25, 0.3) is 0 Å². The molecule has 154 valence electrons. The summed E-state index contributed by atoms with van der Waals surface area (Å²) in [6.07, 6.45) is -1.43. The molecule has 2 rings (SSSR count). The first-order valence-corrected chi connectivity index (χ1v) is 9.25. The number of benzene rings is 1. The molecule has 0 unspecified atom stereocenters. The van der Waals surface area contributed by atoms with Gasteiger partial charge in [0, 0.05) is 6.42 Å². The summed E-state index contributed by atoms with van der Waals surface area (Å²) < 4.78 is 10.5. The van der Waals surface area contributed by atoms with Gasteiger partial charge in [-0.2, -0.15) is 0 Å². The van der Waals surface area contributed by atoms with Crippen molar-refractivity contribution in [3.05, 3.63) is 35.9 Å². The summed E-state index contributed by atoms with van der Waals surface area (Å²) in [5.74, 6) is -1.12. The van der Waals surface area contributed by atoms with Gasteiger partial charge in [-0.05, 0) is 33.3 Å². The fraction of sp³-hybridized carbons (Fsp3) is 0.550. The molecule has 8 nitrogen and oxygen atoms in total. The maximum absolute atomic E-state index is 12.6. The van der Waals surface area contributed by atoms with Crippen LogP contribution in [0.5, 0.6) is 0 Å². The number of hydrogen-bond donors (Lipinski definition) is 2. The Bertz CT molecular complexity index is 700. The highest BCUT2D eigenvalue weighted by atomic mass is 16.6. The van der Waals surface area contributed by atoms with E-state index in [9.17, 15) is 19.5 Å². The Morgan fingerprint density at radius 2 is 1.89 bits per heavy atom. The van der Waals surface area contributed by atoms with E-state index in [1.165, 1.54) is 11.8 Å². The molecule has 0 saturated carbocycles. The van der Waals surface area contributed by atoms with Gasteiger partial charge in [0.2, 0.25) is 5.91 Å². The summed E-state index contributed by atoms with van der Waals surface area (Å²) in [4.78, 5) is 38.2. The van der Waals surface area contributed by atoms with Gasteiger partial charge in [-0.15, -0.1) is 0 Å². The van der Waals surface area contributed by atoms with E-state index in [2.05, 4.69) is 5.32 Å². The van der Waals surface area contributed by atoms with Gasteiger partial charge < -0.3 is 19.9 Å². The largest absolute Gasteiger partial charge is 0.459 e. The number of aliphatic hydroxyl groups excluding tert-OH is 1. The average molecular weight is 392 g/mol. The van der Waals surface area contributed by atoms with Gasteiger partial charge in [-0.1, -0.05) is 30.3 Å². The third-order valence-electron chi connectivity index (χ3n) is 4.15. The SMILES string of the molecule is C[C@H](NC(=O)[C@@H]1C[C@H](O)CN1C(=O)OC(C)(C)C)C(=O)OCc1ccccc1. The van der Waals surface area contributed by atoms with Crippen LogP contribution in [0.2, 0.25) is 0 Å². The van der Waals surface area contributed by atoms with E-state index in [4.69, 9.17) is 9.47 Å². The Kier molecular flexibility index (Phi) is 7.01. The minimum Gasteiger partial charge on any atom is -0.459 e. The minimum atomic E-state index is -0.908. The predicted molar refractivity (Wildman–Crippen MR) is 101 cm³/mol. The van der Waals surface area contributed by atoms with Crippen molar-refractivity contribution < 1.29 is 29.0 Å². The van der Waals surface area contributed by atoms with Crippen molar-refractivity contribution in [3.63, 3.8) is 0 Å². The van der Waals surface area contributed by atoms with Crippen LogP contribution in [0.4, 0.5) is 4.79 Å². The van der Waals surface area contributed by atoms with E-state index in [0.717, 1.165) is 5.56 Å². The molecule has 1 aromatic carbocycles. The molecule has 1 saturated heterocycles. The second kappa shape index (κ2) is 9.05. The van der Waals surface area contributed by atoms with E-state index in [-0.39, 0.29) is 19.6 Å². The monoisotopic (exact) mass is 392 g/mol. The lowest BCUT2D eigenvalue weighted by Crippen LogP contribution is -2.51. The van der Waals surface area contributed by atoms with Gasteiger partial charge in [-0.3, -0.25) is 9.69 Å². The number of hydrogen-bond acceptors (Lipinski definition) is 6. The molecule has 28 heavy (non-hydrogen) atoms. The van der Waals surface area contributed by atoms with Crippen LogP contribution in [0.1, 0.15) is 39.7 Å². The first-order valence-electron chi connectivity index (χ1n) is 9.25. The predicted octanol–water partition coefficient (Wildman–Crippen LogP) is 1.60. The van der Waals surface area contributed by atoms with E-state index >= 15 is 0 Å². The number of carbonyl (C=O) groups excluding carboxylic acids is 3. The Morgan fingerprint density at radius 1 is 1.25 bits per heavy atom. The molecule has 0 bridgehead atoms. The Balaban J connectivity index is 1.91. The van der Waals surface area contributed by atoms with Crippen molar-refractivity contribution in [1.82, 2.24) is 10.2 Å². The molecule has 0 spiro atoms. The molecule has 8 heteroatoms. The molecule has 2 amide bonds. The fourth-order valence-corrected chi connectivity index (χ4v) is 2.81. The molecule has 0 aliphatic carbocycles. The molecule has 2 N–H and O–H groups in total. The number of ether oxygens (including phenoxy) is 2. The van der Waals surface area contributed by atoms with Crippen LogP contribution in [0, 0.1) is 0 Å². The van der Waals surface area contributed by atoms with Crippen LogP contribution >= 0.6 is 0 Å². The zero-order chi connectivity index (χ0) is 20.9. The Hall–Kier alpha value is -2.61. The first kappa shape index (κ1) is 21.7. The zero-order valence-corrected chi connectivity index (χ0v) is 16.7. The van der Waals surface area contributed by atoms with Crippen LogP contribution < -0.4 is 5.32 Å². The summed E-state index contributed by atoms with van der Waals surface area (Å²) in [5, 5.41) is 12.5. The standard InChI is InChI=1S/C20H28N2O6/c1-13(18(25)27-12-14-8-6-5-7-9-14)21-17(24)16-10-15(23)11-22(16)19(26)28-20(2,3)4/h5-9,13,15-16,23H,10-12H2,1-4H3,(H,21,24)/t13-,15-,16-/m0/s1. The number of amides is 2. The van der Waals surface area contributed by atoms with Crippen molar-refractivity contribution in [1.29, 1.82) is 0 Å². The molecule has 3 atom stereocenters. The number of aliphatic hydroxyl groups is 1. The number of likely N-dealkylation sites (tertiary alicyclic amines) is 1. The molecule has 1 aliphatic heterocycles. The maximum Gasteiger partial charge on any atom is 0.411 e. The average Bonchev–Trinajstić information content (AvgIpc) is 3.01. The number of carbonyl (C=O) groups is 3. The van der Waals surface area contributed by atoms with Crippen LogP contribution in [0.3, 0.4) is 0 Å². The third kappa shape index (κ3) is 6.23. The molecular weight excluding hydrogens is 364 g/mol. The number of nitrogens with one attached hydrogen (secondary N) is 1. The summed E-state index contributed by atoms with van der Waals surface area (Å²) in [7, 11) is 0. The number of esters is 1. The highest BCUT2D eigenvalue weighted by Crippen LogP contribution is 2.21. The normalized spacial score (nSPS) is 20.4. The number of nitrogens with zero attached hydrogens (tertiary/aromatic N) is 1. The van der Waals surface area contributed by atoms with E-state index < -0.39 is 41.8 Å². The number of β-amino-alcohol motifs (C(OH)–C–C–N with tert-alkyl or cyclic N) is 1. The summed E-state index contributed by atoms with van der Waals surface area (Å²) in [6.45, 7) is 6.77. The first-order chi connectivity index (χ1) is 13.1. The molecule has 1 aromatic rings. The molecule has 0 aromatic heterocycles. The highest BCUT2D eigenvalue weighted by Gasteiger charge is 2.41. The summed E-state index contributed by atoms with van der Waals surface area (Å²) in [6, 6.07) is 7.39. The van der Waals surface area contributed by atoms with E-state index in [1.54, 1.807) is 20.8 Å². The molecule has 1 aliphatic rings.